The number of hydrogen-bond acceptors (Lipinski definition) is 4. The molecule has 0 radical (unpaired) electrons. The molecule has 2 rings (SSSR count). The fraction of sp³-hybridized carbons (Fsp3) is 0.333. The number of carbonyl (C=O) groups is 1. The van der Waals surface area contributed by atoms with Crippen molar-refractivity contribution in [3.63, 3.8) is 0 Å². The van der Waals surface area contributed by atoms with Gasteiger partial charge in [0.05, 0.1) is 28.4 Å². The maximum atomic E-state index is 12.5. The molecule has 7 nitrogen and oxygen atoms in total. The number of aromatic nitrogens is 2. The number of hydrogen-bond donors (Lipinski definition) is 0. The average molecular weight is 337 g/mol. The summed E-state index contributed by atoms with van der Waals surface area (Å²) in [7, 11) is 1.66. The van der Waals surface area contributed by atoms with Gasteiger partial charge < -0.3 is 4.90 Å². The summed E-state index contributed by atoms with van der Waals surface area (Å²) in [5.41, 5.74) is 1.60. The Balaban J connectivity index is 2.21. The summed E-state index contributed by atoms with van der Waals surface area (Å²) >= 11 is 6.10. The van der Waals surface area contributed by atoms with Crippen LogP contribution in [0.2, 0.25) is 5.02 Å². The van der Waals surface area contributed by atoms with Crippen LogP contribution in [0.1, 0.15) is 28.5 Å². The predicted octanol–water partition coefficient (Wildman–Crippen LogP) is 3.05. The first-order chi connectivity index (χ1) is 10.8. The van der Waals surface area contributed by atoms with E-state index in [2.05, 4.69) is 5.10 Å². The molecule has 0 saturated heterocycles. The zero-order valence-corrected chi connectivity index (χ0v) is 13.9. The van der Waals surface area contributed by atoms with Gasteiger partial charge in [-0.05, 0) is 26.0 Å². The number of carbonyl (C=O) groups excluding carboxylic acids is 1. The number of amides is 1. The Morgan fingerprint density at radius 3 is 2.74 bits per heavy atom. The largest absolute Gasteiger partial charge is 0.336 e. The van der Waals surface area contributed by atoms with E-state index >= 15 is 0 Å². The van der Waals surface area contributed by atoms with Gasteiger partial charge in [0, 0.05) is 30.8 Å². The summed E-state index contributed by atoms with van der Waals surface area (Å²) in [5, 5.41) is 15.5. The van der Waals surface area contributed by atoms with Crippen LogP contribution in [-0.2, 0) is 13.1 Å². The SMILES string of the molecule is CCn1ncc(Cl)c1CN(C)C(=O)c1ccc([N+](=O)[O-])c(C)c1. The van der Waals surface area contributed by atoms with Gasteiger partial charge in [-0.2, -0.15) is 5.10 Å². The van der Waals surface area contributed by atoms with E-state index in [1.54, 1.807) is 24.9 Å². The molecule has 23 heavy (non-hydrogen) atoms. The van der Waals surface area contributed by atoms with Crippen LogP contribution in [-0.4, -0.2) is 32.6 Å². The zero-order valence-electron chi connectivity index (χ0n) is 13.1. The molecule has 0 N–H and O–H groups in total. The zero-order chi connectivity index (χ0) is 17.1. The number of nitro benzene ring substituents is 1. The third-order valence-corrected chi connectivity index (χ3v) is 3.89. The molecule has 0 aliphatic heterocycles. The van der Waals surface area contributed by atoms with Crippen LogP contribution < -0.4 is 0 Å². The van der Waals surface area contributed by atoms with Crippen molar-refractivity contribution in [3.05, 3.63) is 56.4 Å². The molecule has 0 aliphatic carbocycles. The minimum absolute atomic E-state index is 0.00342. The number of nitro groups is 1. The van der Waals surface area contributed by atoms with Gasteiger partial charge in [-0.1, -0.05) is 11.6 Å². The Hall–Kier alpha value is -2.41. The molecule has 1 amide bonds. The van der Waals surface area contributed by atoms with E-state index in [1.165, 1.54) is 23.1 Å². The molecular weight excluding hydrogens is 320 g/mol. The van der Waals surface area contributed by atoms with Crippen molar-refractivity contribution in [2.45, 2.75) is 26.9 Å². The van der Waals surface area contributed by atoms with Crippen LogP contribution in [0, 0.1) is 17.0 Å². The molecule has 0 aliphatic rings. The number of benzene rings is 1. The Morgan fingerprint density at radius 2 is 2.17 bits per heavy atom. The van der Waals surface area contributed by atoms with Gasteiger partial charge in [-0.3, -0.25) is 19.6 Å². The quantitative estimate of drug-likeness (QED) is 0.620. The van der Waals surface area contributed by atoms with Gasteiger partial charge in [0.15, 0.2) is 0 Å². The normalized spacial score (nSPS) is 10.6. The van der Waals surface area contributed by atoms with E-state index in [9.17, 15) is 14.9 Å². The fourth-order valence-corrected chi connectivity index (χ4v) is 2.53. The molecule has 1 heterocycles. The third-order valence-electron chi connectivity index (χ3n) is 3.57. The van der Waals surface area contributed by atoms with Crippen molar-refractivity contribution in [2.75, 3.05) is 7.05 Å². The molecule has 0 atom stereocenters. The van der Waals surface area contributed by atoms with E-state index in [-0.39, 0.29) is 11.6 Å². The number of rotatable bonds is 5. The van der Waals surface area contributed by atoms with Crippen molar-refractivity contribution < 1.29 is 9.72 Å². The summed E-state index contributed by atoms with van der Waals surface area (Å²) in [6.07, 6.45) is 1.55. The molecule has 122 valence electrons. The maximum Gasteiger partial charge on any atom is 0.272 e. The van der Waals surface area contributed by atoms with E-state index in [1.807, 2.05) is 6.92 Å². The fourth-order valence-electron chi connectivity index (χ4n) is 2.33. The first-order valence-corrected chi connectivity index (χ1v) is 7.43. The summed E-state index contributed by atoms with van der Waals surface area (Å²) in [6, 6.07) is 4.33. The molecule has 2 aromatic rings. The van der Waals surface area contributed by atoms with Gasteiger partial charge in [-0.15, -0.1) is 0 Å². The molecule has 0 unspecified atom stereocenters. The van der Waals surface area contributed by atoms with Crippen LogP contribution in [0.15, 0.2) is 24.4 Å². The van der Waals surface area contributed by atoms with Gasteiger partial charge in [0.25, 0.3) is 11.6 Å². The second-order valence-corrected chi connectivity index (χ2v) is 5.58. The van der Waals surface area contributed by atoms with Crippen LogP contribution >= 0.6 is 11.6 Å². The van der Waals surface area contributed by atoms with Crippen LogP contribution in [0.3, 0.4) is 0 Å². The first kappa shape index (κ1) is 17.0. The van der Waals surface area contributed by atoms with Gasteiger partial charge in [-0.25, -0.2) is 0 Å². The Labute approximate surface area is 138 Å². The van der Waals surface area contributed by atoms with E-state index in [4.69, 9.17) is 11.6 Å². The molecule has 0 saturated carbocycles. The van der Waals surface area contributed by atoms with Gasteiger partial charge in [0.2, 0.25) is 0 Å². The number of nitrogens with zero attached hydrogens (tertiary/aromatic N) is 4. The number of halogens is 1. The second kappa shape index (κ2) is 6.78. The highest BCUT2D eigenvalue weighted by Crippen LogP contribution is 2.21. The van der Waals surface area contributed by atoms with Crippen molar-refractivity contribution in [1.82, 2.24) is 14.7 Å². The lowest BCUT2D eigenvalue weighted by atomic mass is 10.1. The van der Waals surface area contributed by atoms with Crippen LogP contribution in [0.4, 0.5) is 5.69 Å². The van der Waals surface area contributed by atoms with Crippen molar-refractivity contribution in [3.8, 4) is 0 Å². The van der Waals surface area contributed by atoms with E-state index in [0.717, 1.165) is 5.69 Å². The average Bonchev–Trinajstić information content (AvgIpc) is 2.86. The molecule has 1 aromatic heterocycles. The highest BCUT2D eigenvalue weighted by atomic mass is 35.5. The Bertz CT molecular complexity index is 757. The molecule has 0 bridgehead atoms. The minimum Gasteiger partial charge on any atom is -0.336 e. The topological polar surface area (TPSA) is 81.3 Å². The Morgan fingerprint density at radius 1 is 1.48 bits per heavy atom. The lowest BCUT2D eigenvalue weighted by molar-refractivity contribution is -0.385. The minimum atomic E-state index is -0.465. The highest BCUT2D eigenvalue weighted by molar-refractivity contribution is 6.31. The highest BCUT2D eigenvalue weighted by Gasteiger charge is 2.19. The van der Waals surface area contributed by atoms with Gasteiger partial charge in [0.1, 0.15) is 0 Å². The molecule has 1 aromatic carbocycles. The predicted molar refractivity (Wildman–Crippen MR) is 86.5 cm³/mol. The molecule has 0 fully saturated rings. The van der Waals surface area contributed by atoms with E-state index in [0.29, 0.717) is 29.2 Å². The molecular formula is C15H17ClN4O3. The Kier molecular flexibility index (Phi) is 5.00. The van der Waals surface area contributed by atoms with Crippen molar-refractivity contribution in [2.24, 2.45) is 0 Å². The first-order valence-electron chi connectivity index (χ1n) is 7.05. The summed E-state index contributed by atoms with van der Waals surface area (Å²) in [4.78, 5) is 24.4. The lowest BCUT2D eigenvalue weighted by Gasteiger charge is -2.18. The number of aryl methyl sites for hydroxylation is 2. The van der Waals surface area contributed by atoms with Crippen molar-refractivity contribution >= 4 is 23.2 Å². The molecule has 0 spiro atoms. The van der Waals surface area contributed by atoms with Crippen molar-refractivity contribution in [1.29, 1.82) is 0 Å². The lowest BCUT2D eigenvalue weighted by Crippen LogP contribution is -2.27. The smallest absolute Gasteiger partial charge is 0.272 e. The monoisotopic (exact) mass is 336 g/mol. The summed E-state index contributed by atoms with van der Waals surface area (Å²) in [5.74, 6) is -0.233. The van der Waals surface area contributed by atoms with Crippen LogP contribution in [0.25, 0.3) is 0 Å². The van der Waals surface area contributed by atoms with Gasteiger partial charge >= 0.3 is 0 Å². The maximum absolute atomic E-state index is 12.5. The summed E-state index contributed by atoms with van der Waals surface area (Å²) in [6.45, 7) is 4.51. The van der Waals surface area contributed by atoms with E-state index < -0.39 is 4.92 Å². The standard InChI is InChI=1S/C15H17ClN4O3/c1-4-19-14(12(16)8-17-19)9-18(3)15(21)11-5-6-13(20(22)23)10(2)7-11/h5-8H,4,9H2,1-3H3. The third kappa shape index (κ3) is 3.50. The summed E-state index contributed by atoms with van der Waals surface area (Å²) < 4.78 is 1.73. The van der Waals surface area contributed by atoms with Crippen LogP contribution in [0.5, 0.6) is 0 Å². The second-order valence-electron chi connectivity index (χ2n) is 5.17. The molecule has 8 heteroatoms.